The molecule has 2 saturated carbocycles. The maximum Gasteiger partial charge on any atom is 0.342 e. The summed E-state index contributed by atoms with van der Waals surface area (Å²) in [6.45, 7) is 3.09. The molecule has 2 bridgehead atoms. The van der Waals surface area contributed by atoms with Crippen molar-refractivity contribution in [3.05, 3.63) is 0 Å². The average Bonchev–Trinajstić information content (AvgIpc) is 2.86. The number of carbonyl (C=O) groups excluding carboxylic acids is 3. The standard InChI is InChI=1S/C14H14O7/c1-4(15)6-7-10(16)19-8(6)9-12(2)13(7,18)3-5-14(12,21-5)11(17)20-9/h5-9,18H,3H2,1-2H3/t5?,6?,7-,8-,9+,12+,13-,14?/m1/s1. The highest BCUT2D eigenvalue weighted by Gasteiger charge is 2.95. The molecule has 1 spiro atoms. The number of hydrogen-bond donors (Lipinski definition) is 1. The van der Waals surface area contributed by atoms with Gasteiger partial charge in [-0.05, 0) is 13.8 Å². The fraction of sp³-hybridized carbons (Fsp3) is 0.786. The second-order valence-electron chi connectivity index (χ2n) is 7.01. The van der Waals surface area contributed by atoms with E-state index in [1.807, 2.05) is 0 Å². The Kier molecular flexibility index (Phi) is 1.66. The molecular weight excluding hydrogens is 280 g/mol. The number of epoxide rings is 1. The Bertz CT molecular complexity index is 643. The molecule has 5 rings (SSSR count). The van der Waals surface area contributed by atoms with E-state index in [1.54, 1.807) is 6.92 Å². The first-order valence-corrected chi connectivity index (χ1v) is 7.11. The van der Waals surface area contributed by atoms with Crippen molar-refractivity contribution in [3.63, 3.8) is 0 Å². The van der Waals surface area contributed by atoms with Crippen LogP contribution in [-0.2, 0) is 28.6 Å². The van der Waals surface area contributed by atoms with Crippen LogP contribution in [0.15, 0.2) is 0 Å². The molecule has 112 valence electrons. The van der Waals surface area contributed by atoms with Crippen LogP contribution in [0, 0.1) is 17.3 Å². The van der Waals surface area contributed by atoms with Crippen LogP contribution in [0.4, 0.5) is 0 Å². The summed E-state index contributed by atoms with van der Waals surface area (Å²) < 4.78 is 16.3. The van der Waals surface area contributed by atoms with Gasteiger partial charge in [-0.25, -0.2) is 4.79 Å². The fourth-order valence-electron chi connectivity index (χ4n) is 5.49. The Hall–Kier alpha value is -1.47. The predicted molar refractivity (Wildman–Crippen MR) is 62.7 cm³/mol. The van der Waals surface area contributed by atoms with E-state index in [1.165, 1.54) is 6.92 Å². The number of ketones is 1. The van der Waals surface area contributed by atoms with E-state index in [4.69, 9.17) is 14.2 Å². The van der Waals surface area contributed by atoms with Crippen molar-refractivity contribution >= 4 is 17.7 Å². The minimum Gasteiger partial charge on any atom is -0.457 e. The first-order valence-electron chi connectivity index (χ1n) is 7.11. The number of fused-ring (bicyclic) bond motifs is 4. The van der Waals surface area contributed by atoms with Crippen LogP contribution in [0.25, 0.3) is 0 Å². The van der Waals surface area contributed by atoms with Crippen LogP contribution < -0.4 is 0 Å². The molecule has 1 N–H and O–H groups in total. The Labute approximate surface area is 119 Å². The summed E-state index contributed by atoms with van der Waals surface area (Å²) in [4.78, 5) is 36.5. The Morgan fingerprint density at radius 1 is 1.33 bits per heavy atom. The quantitative estimate of drug-likeness (QED) is 0.486. The maximum atomic E-state index is 12.3. The molecule has 3 aliphatic heterocycles. The van der Waals surface area contributed by atoms with Gasteiger partial charge in [-0.3, -0.25) is 9.59 Å². The first kappa shape index (κ1) is 12.1. The summed E-state index contributed by atoms with van der Waals surface area (Å²) in [5, 5.41) is 11.3. The van der Waals surface area contributed by atoms with Crippen molar-refractivity contribution in [2.45, 2.75) is 49.8 Å². The van der Waals surface area contributed by atoms with Crippen molar-refractivity contribution in [2.75, 3.05) is 0 Å². The number of carbonyl (C=O) groups is 3. The minimum absolute atomic E-state index is 0.158. The van der Waals surface area contributed by atoms with Gasteiger partial charge in [0.15, 0.2) is 6.10 Å². The van der Waals surface area contributed by atoms with Crippen LogP contribution in [-0.4, -0.2) is 52.3 Å². The largest absolute Gasteiger partial charge is 0.457 e. The first-order chi connectivity index (χ1) is 9.79. The molecule has 0 aromatic heterocycles. The number of esters is 2. The molecule has 21 heavy (non-hydrogen) atoms. The molecule has 3 saturated heterocycles. The monoisotopic (exact) mass is 294 g/mol. The number of ether oxygens (including phenoxy) is 3. The van der Waals surface area contributed by atoms with Gasteiger partial charge in [-0.1, -0.05) is 0 Å². The third-order valence-corrected chi connectivity index (χ3v) is 6.50. The molecule has 3 heterocycles. The van der Waals surface area contributed by atoms with Gasteiger partial charge >= 0.3 is 11.9 Å². The van der Waals surface area contributed by atoms with E-state index < -0.39 is 58.7 Å². The molecule has 8 atom stereocenters. The van der Waals surface area contributed by atoms with Gasteiger partial charge in [-0.2, -0.15) is 0 Å². The van der Waals surface area contributed by atoms with Crippen molar-refractivity contribution < 1.29 is 33.7 Å². The van der Waals surface area contributed by atoms with Crippen LogP contribution in [0.1, 0.15) is 20.3 Å². The number of Topliss-reactive ketones (excluding diaryl/α,β-unsaturated/α-hetero) is 1. The Balaban J connectivity index is 1.78. The third kappa shape index (κ3) is 0.864. The molecule has 0 aromatic carbocycles. The van der Waals surface area contributed by atoms with Gasteiger partial charge < -0.3 is 19.3 Å². The summed E-state index contributed by atoms with van der Waals surface area (Å²) in [5.41, 5.74) is -3.72. The molecule has 0 aromatic rings. The van der Waals surface area contributed by atoms with Crippen LogP contribution in [0.2, 0.25) is 0 Å². The highest BCUT2D eigenvalue weighted by molar-refractivity contribution is 5.95. The molecule has 5 aliphatic rings. The third-order valence-electron chi connectivity index (χ3n) is 6.50. The van der Waals surface area contributed by atoms with Crippen LogP contribution in [0.5, 0.6) is 0 Å². The van der Waals surface area contributed by atoms with Gasteiger partial charge in [-0.15, -0.1) is 0 Å². The van der Waals surface area contributed by atoms with Gasteiger partial charge in [0.2, 0.25) is 5.60 Å². The fourth-order valence-corrected chi connectivity index (χ4v) is 5.49. The van der Waals surface area contributed by atoms with Gasteiger partial charge in [0.1, 0.15) is 18.0 Å². The predicted octanol–water partition coefficient (Wildman–Crippen LogP) is -1.05. The number of rotatable bonds is 1. The lowest BCUT2D eigenvalue weighted by molar-refractivity contribution is -0.200. The van der Waals surface area contributed by atoms with Crippen molar-refractivity contribution in [3.8, 4) is 0 Å². The molecular formula is C14H14O7. The zero-order chi connectivity index (χ0) is 14.9. The van der Waals surface area contributed by atoms with E-state index in [0.717, 1.165) is 0 Å². The summed E-state index contributed by atoms with van der Waals surface area (Å²) >= 11 is 0. The number of hydrogen-bond acceptors (Lipinski definition) is 7. The zero-order valence-corrected chi connectivity index (χ0v) is 11.5. The Morgan fingerprint density at radius 3 is 2.71 bits per heavy atom. The second kappa shape index (κ2) is 2.87. The second-order valence-corrected chi connectivity index (χ2v) is 7.01. The van der Waals surface area contributed by atoms with Crippen molar-refractivity contribution in [1.82, 2.24) is 0 Å². The van der Waals surface area contributed by atoms with E-state index >= 15 is 0 Å². The molecule has 2 aliphatic carbocycles. The topological polar surface area (TPSA) is 102 Å². The molecule has 7 heteroatoms. The van der Waals surface area contributed by atoms with Gasteiger partial charge in [0.05, 0.1) is 22.9 Å². The van der Waals surface area contributed by atoms with Crippen LogP contribution in [0.3, 0.4) is 0 Å². The Morgan fingerprint density at radius 2 is 2.05 bits per heavy atom. The average molecular weight is 294 g/mol. The zero-order valence-electron chi connectivity index (χ0n) is 11.5. The normalized spacial score (nSPS) is 62.0. The van der Waals surface area contributed by atoms with E-state index in [9.17, 15) is 19.5 Å². The van der Waals surface area contributed by atoms with Crippen molar-refractivity contribution in [1.29, 1.82) is 0 Å². The molecule has 0 amide bonds. The number of aliphatic hydroxyl groups is 1. The van der Waals surface area contributed by atoms with Gasteiger partial charge in [0.25, 0.3) is 0 Å². The maximum absolute atomic E-state index is 12.3. The van der Waals surface area contributed by atoms with Gasteiger partial charge in [0, 0.05) is 6.42 Å². The molecule has 3 unspecified atom stereocenters. The SMILES string of the molecule is CC(=O)C1[C@H]2OC(=O)[C@@H]1[C@]1(O)CC3OC34C(=O)O[C@@H]2[C@]41C. The highest BCUT2D eigenvalue weighted by Crippen LogP contribution is 2.76. The smallest absolute Gasteiger partial charge is 0.342 e. The van der Waals surface area contributed by atoms with E-state index in [2.05, 4.69) is 0 Å². The van der Waals surface area contributed by atoms with Crippen molar-refractivity contribution in [2.24, 2.45) is 17.3 Å². The summed E-state index contributed by atoms with van der Waals surface area (Å²) in [7, 11) is 0. The van der Waals surface area contributed by atoms with E-state index in [0.29, 0.717) is 0 Å². The summed E-state index contributed by atoms with van der Waals surface area (Å²) in [5.74, 6) is -3.03. The summed E-state index contributed by atoms with van der Waals surface area (Å²) in [6, 6.07) is 0. The minimum atomic E-state index is -1.51. The lowest BCUT2D eigenvalue weighted by atomic mass is 9.53. The van der Waals surface area contributed by atoms with Crippen LogP contribution >= 0.6 is 0 Å². The molecule has 7 nitrogen and oxygen atoms in total. The lowest BCUT2D eigenvalue weighted by Crippen LogP contribution is -2.67. The van der Waals surface area contributed by atoms with E-state index in [-0.39, 0.29) is 12.2 Å². The molecule has 0 radical (unpaired) electrons. The lowest BCUT2D eigenvalue weighted by Gasteiger charge is -2.50. The highest BCUT2D eigenvalue weighted by atomic mass is 16.7. The molecule has 5 fully saturated rings. The summed E-state index contributed by atoms with van der Waals surface area (Å²) in [6.07, 6.45) is -1.94.